The van der Waals surface area contributed by atoms with Crippen molar-refractivity contribution in [3.05, 3.63) is 114 Å². The molecule has 5 rings (SSSR count). The molecule has 2 aromatic heterocycles. The fraction of sp³-hybridized carbons (Fsp3) is 0.120. The third kappa shape index (κ3) is 3.88. The number of fused-ring (bicyclic) bond motifs is 1. The predicted molar refractivity (Wildman–Crippen MR) is 122 cm³/mol. The van der Waals surface area contributed by atoms with Crippen molar-refractivity contribution in [1.82, 2.24) is 29.9 Å². The highest BCUT2D eigenvalue weighted by atomic mass is 16.2. The van der Waals surface area contributed by atoms with Crippen LogP contribution in [0.25, 0.3) is 11.0 Å². The molecule has 0 aliphatic heterocycles. The molecule has 0 spiro atoms. The molecule has 2 heterocycles. The van der Waals surface area contributed by atoms with E-state index in [2.05, 4.69) is 15.6 Å². The Morgan fingerprint density at radius 1 is 0.938 bits per heavy atom. The first-order chi connectivity index (χ1) is 15.7. The molecule has 7 heteroatoms. The second kappa shape index (κ2) is 8.47. The average Bonchev–Trinajstić information content (AvgIpc) is 3.43. The molecule has 3 aromatic carbocycles. The normalized spacial score (nSPS) is 12.0. The summed E-state index contributed by atoms with van der Waals surface area (Å²) < 4.78 is 3.68. The molecule has 1 amide bonds. The second-order valence-electron chi connectivity index (χ2n) is 7.62. The van der Waals surface area contributed by atoms with E-state index in [1.54, 1.807) is 10.9 Å². The van der Waals surface area contributed by atoms with Crippen LogP contribution in [0.5, 0.6) is 0 Å². The Balaban J connectivity index is 1.44. The lowest BCUT2D eigenvalue weighted by Crippen LogP contribution is -2.31. The van der Waals surface area contributed by atoms with E-state index in [9.17, 15) is 4.79 Å². The maximum atomic E-state index is 13.1. The van der Waals surface area contributed by atoms with Gasteiger partial charge in [0, 0.05) is 7.05 Å². The Labute approximate surface area is 185 Å². The molecule has 0 aliphatic rings. The number of carbonyl (C=O) groups is 1. The molecule has 5 aromatic rings. The quantitative estimate of drug-likeness (QED) is 0.452. The summed E-state index contributed by atoms with van der Waals surface area (Å²) in [7, 11) is 1.96. The Morgan fingerprint density at radius 3 is 2.38 bits per heavy atom. The number of hydrogen-bond acceptors (Lipinski definition) is 4. The third-order valence-corrected chi connectivity index (χ3v) is 5.45. The number of imidazole rings is 1. The summed E-state index contributed by atoms with van der Waals surface area (Å²) in [6, 6.07) is 27.3. The van der Waals surface area contributed by atoms with Gasteiger partial charge >= 0.3 is 0 Å². The number of amides is 1. The van der Waals surface area contributed by atoms with E-state index in [4.69, 9.17) is 4.98 Å². The first kappa shape index (κ1) is 19.7. The molecule has 7 nitrogen and oxygen atoms in total. The number of nitrogens with zero attached hydrogens (tertiary/aromatic N) is 5. The van der Waals surface area contributed by atoms with E-state index in [1.807, 2.05) is 96.5 Å². The van der Waals surface area contributed by atoms with E-state index < -0.39 is 6.04 Å². The van der Waals surface area contributed by atoms with Gasteiger partial charge in [-0.15, -0.1) is 5.10 Å². The Morgan fingerprint density at radius 2 is 1.62 bits per heavy atom. The molecular formula is C25H22N6O. The van der Waals surface area contributed by atoms with Crippen molar-refractivity contribution >= 4 is 16.9 Å². The highest BCUT2D eigenvalue weighted by Crippen LogP contribution is 2.25. The van der Waals surface area contributed by atoms with E-state index in [0.717, 1.165) is 28.0 Å². The maximum absolute atomic E-state index is 13.1. The molecule has 1 N–H and O–H groups in total. The molecule has 0 saturated heterocycles. The minimum atomic E-state index is -0.430. The van der Waals surface area contributed by atoms with Crippen LogP contribution in [0.15, 0.2) is 91.1 Å². The van der Waals surface area contributed by atoms with Crippen LogP contribution in [0.1, 0.15) is 33.5 Å². The van der Waals surface area contributed by atoms with Gasteiger partial charge in [0.1, 0.15) is 11.9 Å². The summed E-state index contributed by atoms with van der Waals surface area (Å²) in [5.74, 6) is 0.452. The van der Waals surface area contributed by atoms with E-state index >= 15 is 0 Å². The predicted octanol–water partition coefficient (Wildman–Crippen LogP) is 3.73. The Kier molecular flexibility index (Phi) is 5.21. The zero-order valence-corrected chi connectivity index (χ0v) is 17.6. The van der Waals surface area contributed by atoms with Gasteiger partial charge in [0.2, 0.25) is 0 Å². The third-order valence-electron chi connectivity index (χ3n) is 5.45. The second-order valence-corrected chi connectivity index (χ2v) is 7.62. The number of hydrogen-bond donors (Lipinski definition) is 1. The number of rotatable bonds is 6. The summed E-state index contributed by atoms with van der Waals surface area (Å²) in [6.45, 7) is 0.550. The minimum absolute atomic E-state index is 0.264. The SMILES string of the molecule is Cn1c(C(NC(=O)c2cn(Cc3ccccc3)nn2)c2ccccc2)nc2ccccc21. The van der Waals surface area contributed by atoms with Gasteiger partial charge < -0.3 is 9.88 Å². The topological polar surface area (TPSA) is 77.6 Å². The van der Waals surface area contributed by atoms with Crippen LogP contribution >= 0.6 is 0 Å². The van der Waals surface area contributed by atoms with Crippen LogP contribution in [-0.4, -0.2) is 30.5 Å². The summed E-state index contributed by atoms with van der Waals surface area (Å²) >= 11 is 0. The van der Waals surface area contributed by atoms with Gasteiger partial charge in [0.25, 0.3) is 5.91 Å². The lowest BCUT2D eigenvalue weighted by molar-refractivity contribution is 0.0936. The first-order valence-electron chi connectivity index (χ1n) is 10.4. The van der Waals surface area contributed by atoms with Gasteiger partial charge in [-0.25, -0.2) is 9.67 Å². The Bertz CT molecular complexity index is 1360. The van der Waals surface area contributed by atoms with Crippen molar-refractivity contribution in [2.75, 3.05) is 0 Å². The van der Waals surface area contributed by atoms with Crippen molar-refractivity contribution in [3.8, 4) is 0 Å². The highest BCUT2D eigenvalue weighted by molar-refractivity contribution is 5.92. The van der Waals surface area contributed by atoms with Gasteiger partial charge in [0.05, 0.1) is 23.8 Å². The monoisotopic (exact) mass is 422 g/mol. The molecule has 0 saturated carbocycles. The van der Waals surface area contributed by atoms with Crippen LogP contribution in [-0.2, 0) is 13.6 Å². The molecule has 32 heavy (non-hydrogen) atoms. The summed E-state index contributed by atoms with van der Waals surface area (Å²) in [5, 5.41) is 11.3. The average molecular weight is 422 g/mol. The van der Waals surface area contributed by atoms with Crippen molar-refractivity contribution in [1.29, 1.82) is 0 Å². The van der Waals surface area contributed by atoms with Crippen LogP contribution in [0, 0.1) is 0 Å². The van der Waals surface area contributed by atoms with Gasteiger partial charge in [-0.2, -0.15) is 0 Å². The number of aryl methyl sites for hydroxylation is 1. The van der Waals surface area contributed by atoms with Crippen LogP contribution in [0.4, 0.5) is 0 Å². The van der Waals surface area contributed by atoms with Crippen molar-refractivity contribution in [2.24, 2.45) is 7.05 Å². The fourth-order valence-corrected chi connectivity index (χ4v) is 3.82. The van der Waals surface area contributed by atoms with Crippen LogP contribution < -0.4 is 5.32 Å². The Hall–Kier alpha value is -4.26. The van der Waals surface area contributed by atoms with Gasteiger partial charge in [-0.05, 0) is 23.3 Å². The minimum Gasteiger partial charge on any atom is -0.337 e. The molecule has 1 unspecified atom stereocenters. The summed E-state index contributed by atoms with van der Waals surface area (Å²) in [6.07, 6.45) is 1.67. The molecule has 158 valence electrons. The zero-order chi connectivity index (χ0) is 21.9. The van der Waals surface area contributed by atoms with E-state index in [0.29, 0.717) is 6.54 Å². The number of benzene rings is 3. The summed E-state index contributed by atoms with van der Waals surface area (Å²) in [4.78, 5) is 17.9. The standard InChI is InChI=1S/C25H22N6O/c1-30-22-15-9-8-14-20(22)26-24(30)23(19-12-6-3-7-13-19)27-25(32)21-17-31(29-28-21)16-18-10-4-2-5-11-18/h2-15,17,23H,16H2,1H3,(H,27,32). The zero-order valence-electron chi connectivity index (χ0n) is 17.6. The largest absolute Gasteiger partial charge is 0.337 e. The number of para-hydroxylation sites is 2. The molecule has 0 aliphatic carbocycles. The molecule has 0 fully saturated rings. The number of nitrogens with one attached hydrogen (secondary N) is 1. The van der Waals surface area contributed by atoms with Gasteiger partial charge in [-0.3, -0.25) is 4.79 Å². The first-order valence-corrected chi connectivity index (χ1v) is 10.4. The van der Waals surface area contributed by atoms with Crippen molar-refractivity contribution < 1.29 is 4.79 Å². The van der Waals surface area contributed by atoms with E-state index in [1.165, 1.54) is 0 Å². The van der Waals surface area contributed by atoms with Crippen molar-refractivity contribution in [3.63, 3.8) is 0 Å². The molecular weight excluding hydrogens is 400 g/mol. The molecule has 1 atom stereocenters. The summed E-state index contributed by atoms with van der Waals surface area (Å²) in [5.41, 5.74) is 4.18. The lowest BCUT2D eigenvalue weighted by atomic mass is 10.1. The van der Waals surface area contributed by atoms with Crippen LogP contribution in [0.2, 0.25) is 0 Å². The smallest absolute Gasteiger partial charge is 0.274 e. The lowest BCUT2D eigenvalue weighted by Gasteiger charge is -2.18. The van der Waals surface area contributed by atoms with Crippen LogP contribution in [0.3, 0.4) is 0 Å². The molecule has 0 bridgehead atoms. The van der Waals surface area contributed by atoms with Gasteiger partial charge in [0.15, 0.2) is 5.69 Å². The highest BCUT2D eigenvalue weighted by Gasteiger charge is 2.24. The fourth-order valence-electron chi connectivity index (χ4n) is 3.82. The maximum Gasteiger partial charge on any atom is 0.274 e. The van der Waals surface area contributed by atoms with Crippen molar-refractivity contribution in [2.45, 2.75) is 12.6 Å². The molecule has 0 radical (unpaired) electrons. The van der Waals surface area contributed by atoms with E-state index in [-0.39, 0.29) is 11.6 Å². The van der Waals surface area contributed by atoms with Gasteiger partial charge in [-0.1, -0.05) is 78.0 Å². The number of carbonyl (C=O) groups excluding carboxylic acids is 1. The number of aromatic nitrogens is 5.